The van der Waals surface area contributed by atoms with Crippen molar-refractivity contribution in [1.29, 1.82) is 0 Å². The molecular formula is C41H38N10O2. The number of methoxy groups -OCH3 is 2. The number of aryl methyl sites for hydroxylation is 2. The van der Waals surface area contributed by atoms with E-state index in [1.165, 1.54) is 0 Å². The van der Waals surface area contributed by atoms with E-state index in [9.17, 15) is 0 Å². The highest BCUT2D eigenvalue weighted by Gasteiger charge is 2.21. The summed E-state index contributed by atoms with van der Waals surface area (Å²) < 4.78 is 15.0. The summed E-state index contributed by atoms with van der Waals surface area (Å²) in [5.41, 5.74) is 21.1. The first kappa shape index (κ1) is 34.4. The zero-order valence-corrected chi connectivity index (χ0v) is 29.8. The van der Waals surface area contributed by atoms with Crippen LogP contribution in [0.15, 0.2) is 148 Å². The van der Waals surface area contributed by atoms with Gasteiger partial charge in [-0.1, -0.05) is 78.9 Å². The summed E-state index contributed by atoms with van der Waals surface area (Å²) in [6, 6.07) is 41.3. The van der Waals surface area contributed by atoms with Crippen LogP contribution in [0.2, 0.25) is 0 Å². The van der Waals surface area contributed by atoms with Gasteiger partial charge in [0.2, 0.25) is 0 Å². The van der Waals surface area contributed by atoms with Crippen LogP contribution in [0, 0.1) is 13.8 Å². The van der Waals surface area contributed by atoms with Crippen molar-refractivity contribution in [3.63, 3.8) is 0 Å². The van der Waals surface area contributed by atoms with E-state index in [-0.39, 0.29) is 5.92 Å². The van der Waals surface area contributed by atoms with Gasteiger partial charge in [-0.2, -0.15) is 10.2 Å². The van der Waals surface area contributed by atoms with Crippen molar-refractivity contribution in [3.05, 3.63) is 155 Å². The maximum Gasteiger partial charge on any atom is 0.155 e. The summed E-state index contributed by atoms with van der Waals surface area (Å²) in [7, 11) is 3.23. The van der Waals surface area contributed by atoms with Gasteiger partial charge in [0.15, 0.2) is 23.0 Å². The number of ether oxygens (including phenoxy) is 2. The number of benzene rings is 5. The zero-order valence-electron chi connectivity index (χ0n) is 29.8. The summed E-state index contributed by atoms with van der Waals surface area (Å²) in [6.07, 6.45) is 0. The number of azo groups is 2. The molecule has 0 unspecified atom stereocenters. The molecule has 7 rings (SSSR count). The molecule has 2 aromatic heterocycles. The normalized spacial score (nSPS) is 12.1. The first-order chi connectivity index (χ1) is 25.9. The molecule has 264 valence electrons. The second kappa shape index (κ2) is 15.0. The van der Waals surface area contributed by atoms with Gasteiger partial charge in [-0.15, -0.1) is 20.5 Å². The third-order valence-corrected chi connectivity index (χ3v) is 8.85. The Balaban J connectivity index is 1.21. The highest BCUT2D eigenvalue weighted by Crippen LogP contribution is 2.42. The van der Waals surface area contributed by atoms with E-state index in [0.29, 0.717) is 57.3 Å². The average Bonchev–Trinajstić information content (AvgIpc) is 3.65. The number of nitrogens with two attached hydrogens (primary N) is 2. The van der Waals surface area contributed by atoms with E-state index in [1.807, 2.05) is 129 Å². The fourth-order valence-electron chi connectivity index (χ4n) is 6.20. The second-order valence-electron chi connectivity index (χ2n) is 12.2. The third kappa shape index (κ3) is 6.97. The van der Waals surface area contributed by atoms with E-state index in [2.05, 4.69) is 42.8 Å². The molecule has 0 aliphatic carbocycles. The van der Waals surface area contributed by atoms with Crippen molar-refractivity contribution in [2.45, 2.75) is 19.8 Å². The standard InChI is InChI=1S/C41H38N10O2/c1-26-38(40(42)50(48-26)31-16-10-6-11-17-31)46-44-33-22-20-29(24-35(33)52-3)37(28-14-8-5-9-15-28)30-21-23-34(36(25-30)53-4)45-47-39-27(2)49-51(41(39)43)32-18-12-7-13-19-32/h5-25,37H,42-43H2,1-4H3. The van der Waals surface area contributed by atoms with Gasteiger partial charge in [-0.25, -0.2) is 9.36 Å². The topological polar surface area (TPSA) is 156 Å². The fraction of sp³-hybridized carbons (Fsp3) is 0.122. The number of hydrogen-bond acceptors (Lipinski definition) is 10. The maximum absolute atomic E-state index is 6.47. The largest absolute Gasteiger partial charge is 0.494 e. The lowest BCUT2D eigenvalue weighted by molar-refractivity contribution is 0.414. The Labute approximate surface area is 307 Å². The Bertz CT molecular complexity index is 2270. The lowest BCUT2D eigenvalue weighted by Gasteiger charge is -2.21. The van der Waals surface area contributed by atoms with Crippen molar-refractivity contribution in [3.8, 4) is 22.9 Å². The Morgan fingerprint density at radius 1 is 0.509 bits per heavy atom. The minimum Gasteiger partial charge on any atom is -0.494 e. The molecule has 2 heterocycles. The number of nitrogen functional groups attached to an aromatic ring is 2. The highest BCUT2D eigenvalue weighted by atomic mass is 16.5. The van der Waals surface area contributed by atoms with Gasteiger partial charge in [0.25, 0.3) is 0 Å². The van der Waals surface area contributed by atoms with Crippen LogP contribution in [0.4, 0.5) is 34.4 Å². The molecule has 0 saturated heterocycles. The fourth-order valence-corrected chi connectivity index (χ4v) is 6.20. The molecule has 0 aliphatic heterocycles. The lowest BCUT2D eigenvalue weighted by atomic mass is 9.84. The van der Waals surface area contributed by atoms with Gasteiger partial charge < -0.3 is 20.9 Å². The number of nitrogens with zero attached hydrogens (tertiary/aromatic N) is 8. The molecule has 0 bridgehead atoms. The molecule has 0 atom stereocenters. The number of aromatic nitrogens is 4. The van der Waals surface area contributed by atoms with Crippen molar-refractivity contribution < 1.29 is 9.47 Å². The van der Waals surface area contributed by atoms with E-state index in [1.54, 1.807) is 23.6 Å². The predicted molar refractivity (Wildman–Crippen MR) is 207 cm³/mol. The van der Waals surface area contributed by atoms with Gasteiger partial charge in [-0.05, 0) is 79.1 Å². The number of anilines is 2. The number of rotatable bonds is 11. The van der Waals surface area contributed by atoms with Gasteiger partial charge in [0.05, 0.1) is 37.0 Å². The number of hydrogen-bond donors (Lipinski definition) is 2. The van der Waals surface area contributed by atoms with Crippen LogP contribution in [0.5, 0.6) is 11.5 Å². The number of para-hydroxylation sites is 2. The van der Waals surface area contributed by atoms with Crippen LogP contribution < -0.4 is 20.9 Å². The molecule has 7 aromatic rings. The van der Waals surface area contributed by atoms with E-state index in [4.69, 9.17) is 20.9 Å². The molecule has 0 fully saturated rings. The summed E-state index contributed by atoms with van der Waals surface area (Å²) in [4.78, 5) is 0. The quantitative estimate of drug-likeness (QED) is 0.101. The molecule has 0 aliphatic rings. The van der Waals surface area contributed by atoms with E-state index in [0.717, 1.165) is 28.1 Å². The van der Waals surface area contributed by atoms with Crippen molar-refractivity contribution >= 4 is 34.4 Å². The molecule has 0 amide bonds. The van der Waals surface area contributed by atoms with Gasteiger partial charge in [0.1, 0.15) is 22.9 Å². The predicted octanol–water partition coefficient (Wildman–Crippen LogP) is 9.87. The third-order valence-electron chi connectivity index (χ3n) is 8.85. The first-order valence-corrected chi connectivity index (χ1v) is 16.9. The van der Waals surface area contributed by atoms with E-state index < -0.39 is 0 Å². The van der Waals surface area contributed by atoms with Crippen LogP contribution in [0.25, 0.3) is 11.4 Å². The van der Waals surface area contributed by atoms with Gasteiger partial charge in [0, 0.05) is 5.92 Å². The smallest absolute Gasteiger partial charge is 0.155 e. The summed E-state index contributed by atoms with van der Waals surface area (Å²) >= 11 is 0. The maximum atomic E-state index is 6.47. The molecule has 5 aromatic carbocycles. The van der Waals surface area contributed by atoms with Crippen LogP contribution >= 0.6 is 0 Å². The van der Waals surface area contributed by atoms with Gasteiger partial charge >= 0.3 is 0 Å². The molecule has 0 saturated carbocycles. The van der Waals surface area contributed by atoms with Crippen LogP contribution in [0.1, 0.15) is 34.0 Å². The van der Waals surface area contributed by atoms with Crippen molar-refractivity contribution in [2.24, 2.45) is 20.5 Å². The molecule has 4 N–H and O–H groups in total. The monoisotopic (exact) mass is 702 g/mol. The molecular weight excluding hydrogens is 665 g/mol. The Morgan fingerprint density at radius 2 is 0.906 bits per heavy atom. The summed E-state index contributed by atoms with van der Waals surface area (Å²) in [6.45, 7) is 3.71. The highest BCUT2D eigenvalue weighted by molar-refractivity contribution is 5.66. The first-order valence-electron chi connectivity index (χ1n) is 16.9. The zero-order chi connectivity index (χ0) is 36.9. The van der Waals surface area contributed by atoms with Gasteiger partial charge in [-0.3, -0.25) is 0 Å². The van der Waals surface area contributed by atoms with Crippen LogP contribution in [0.3, 0.4) is 0 Å². The summed E-state index contributed by atoms with van der Waals surface area (Å²) in [5.74, 6) is 1.73. The minimum atomic E-state index is -0.181. The Hall–Kier alpha value is -7.08. The Kier molecular flexibility index (Phi) is 9.75. The molecule has 0 radical (unpaired) electrons. The molecule has 12 nitrogen and oxygen atoms in total. The summed E-state index contributed by atoms with van der Waals surface area (Å²) in [5, 5.41) is 27.3. The second-order valence-corrected chi connectivity index (χ2v) is 12.2. The SMILES string of the molecule is COc1cc(C(c2ccccc2)c2ccc(N=Nc3c(C)nn(-c4ccccc4)c3N)c(OC)c2)ccc1N=Nc1c(C)nn(-c2ccccc2)c1N. The van der Waals surface area contributed by atoms with Crippen molar-refractivity contribution in [1.82, 2.24) is 19.6 Å². The van der Waals surface area contributed by atoms with E-state index >= 15 is 0 Å². The molecule has 0 spiro atoms. The minimum absolute atomic E-state index is 0.181. The lowest BCUT2D eigenvalue weighted by Crippen LogP contribution is -2.04. The van der Waals surface area contributed by atoms with Crippen molar-refractivity contribution in [2.75, 3.05) is 25.7 Å². The Morgan fingerprint density at radius 3 is 1.30 bits per heavy atom. The average molecular weight is 703 g/mol. The van der Waals surface area contributed by atoms with Crippen LogP contribution in [-0.4, -0.2) is 33.8 Å². The molecule has 12 heteroatoms. The molecule has 53 heavy (non-hydrogen) atoms. The van der Waals surface area contributed by atoms with Crippen LogP contribution in [-0.2, 0) is 0 Å².